The molecule has 0 saturated heterocycles. The number of aromatic nitrogens is 2. The van der Waals surface area contributed by atoms with Crippen LogP contribution in [0.4, 0.5) is 15.2 Å². The topological polar surface area (TPSA) is 96.6 Å². The van der Waals surface area contributed by atoms with Crippen molar-refractivity contribution in [2.75, 3.05) is 9.80 Å². The number of amides is 2. The van der Waals surface area contributed by atoms with E-state index in [0.717, 1.165) is 22.5 Å². The molecule has 2 aromatic heterocycles. The van der Waals surface area contributed by atoms with Crippen LogP contribution in [0, 0.1) is 12.7 Å². The predicted octanol–water partition coefficient (Wildman–Crippen LogP) is 6.84. The number of fused-ring (bicyclic) bond motifs is 5. The standard InChI is InChI=1S/C35H23FN4O4S2/c1-20-10-2-3-11-21(20)18-39-26-16-8-6-14-24(26)35(32(39)43)28-29(41)23-13-5-9-17-27(23)44-30(28)31(42)40(35)33-37-38-34(46-33)45-19-22-12-4-7-15-25(22)36/h2-17H,18-19H2,1H3. The van der Waals surface area contributed by atoms with E-state index in [2.05, 4.69) is 10.2 Å². The SMILES string of the molecule is Cc1ccccc1CN1C(=O)C2(c3ccccc31)c1c(oc3ccccc3c1=O)C(=O)N2c1nnc(SCc2ccccc2F)s1. The van der Waals surface area contributed by atoms with Gasteiger partial charge in [0, 0.05) is 11.3 Å². The number of aryl methyl sites for hydroxylation is 1. The van der Waals surface area contributed by atoms with Crippen molar-refractivity contribution in [2.24, 2.45) is 0 Å². The summed E-state index contributed by atoms with van der Waals surface area (Å²) in [5.41, 5.74) is 1.31. The second kappa shape index (κ2) is 10.7. The third-order valence-electron chi connectivity index (χ3n) is 8.52. The minimum Gasteiger partial charge on any atom is -0.450 e. The quantitative estimate of drug-likeness (QED) is 0.145. The number of nitrogens with zero attached hydrogens (tertiary/aromatic N) is 4. The lowest BCUT2D eigenvalue weighted by atomic mass is 9.84. The number of benzene rings is 4. The highest BCUT2D eigenvalue weighted by Crippen LogP contribution is 2.55. The molecule has 0 fully saturated rings. The van der Waals surface area contributed by atoms with E-state index in [9.17, 15) is 14.0 Å². The molecule has 46 heavy (non-hydrogen) atoms. The van der Waals surface area contributed by atoms with Crippen LogP contribution in [0.15, 0.2) is 111 Å². The number of halogens is 1. The molecule has 1 spiro atoms. The van der Waals surface area contributed by atoms with Crippen LogP contribution in [0.25, 0.3) is 11.0 Å². The van der Waals surface area contributed by atoms with E-state index in [1.165, 1.54) is 22.7 Å². The first-order valence-electron chi connectivity index (χ1n) is 14.5. The van der Waals surface area contributed by atoms with Gasteiger partial charge in [-0.05, 0) is 47.9 Å². The Morgan fingerprint density at radius 1 is 0.870 bits per heavy atom. The Morgan fingerprint density at radius 2 is 1.59 bits per heavy atom. The zero-order valence-corrected chi connectivity index (χ0v) is 25.9. The van der Waals surface area contributed by atoms with E-state index in [1.54, 1.807) is 59.5 Å². The molecule has 0 bridgehead atoms. The van der Waals surface area contributed by atoms with Crippen LogP contribution in [0.1, 0.15) is 38.4 Å². The van der Waals surface area contributed by atoms with Crippen molar-refractivity contribution in [1.82, 2.24) is 10.2 Å². The fraction of sp³-hybridized carbons (Fsp3) is 0.114. The molecule has 2 aliphatic heterocycles. The van der Waals surface area contributed by atoms with E-state index in [-0.39, 0.29) is 45.5 Å². The molecular formula is C35H23FN4O4S2. The monoisotopic (exact) mass is 646 g/mol. The lowest BCUT2D eigenvalue weighted by molar-refractivity contribution is -0.121. The van der Waals surface area contributed by atoms with E-state index in [4.69, 9.17) is 4.42 Å². The van der Waals surface area contributed by atoms with Gasteiger partial charge < -0.3 is 9.32 Å². The number of thioether (sulfide) groups is 1. The zero-order chi connectivity index (χ0) is 31.6. The van der Waals surface area contributed by atoms with Crippen LogP contribution in [0.3, 0.4) is 0 Å². The van der Waals surface area contributed by atoms with Gasteiger partial charge in [0.25, 0.3) is 11.8 Å². The van der Waals surface area contributed by atoms with Gasteiger partial charge >= 0.3 is 0 Å². The van der Waals surface area contributed by atoms with Crippen LogP contribution >= 0.6 is 23.1 Å². The van der Waals surface area contributed by atoms with Crippen molar-refractivity contribution in [1.29, 1.82) is 0 Å². The van der Waals surface area contributed by atoms with Crippen molar-refractivity contribution in [3.63, 3.8) is 0 Å². The van der Waals surface area contributed by atoms with Crippen LogP contribution in [0.5, 0.6) is 0 Å². The molecule has 2 amide bonds. The number of anilines is 2. The molecule has 0 radical (unpaired) electrons. The van der Waals surface area contributed by atoms with Crippen LogP contribution in [-0.4, -0.2) is 22.0 Å². The van der Waals surface area contributed by atoms with Gasteiger partial charge in [-0.1, -0.05) is 95.9 Å². The Labute approximate surface area is 270 Å². The molecule has 1 unspecified atom stereocenters. The average molecular weight is 647 g/mol. The average Bonchev–Trinajstić information content (AvgIpc) is 3.71. The molecule has 11 heteroatoms. The maximum atomic E-state index is 15.1. The number of hydrogen-bond acceptors (Lipinski definition) is 8. The summed E-state index contributed by atoms with van der Waals surface area (Å²) in [6.07, 6.45) is 0. The first-order chi connectivity index (χ1) is 22.4. The van der Waals surface area contributed by atoms with Crippen LogP contribution < -0.4 is 15.2 Å². The van der Waals surface area contributed by atoms with Gasteiger partial charge in [0.15, 0.2) is 15.3 Å². The lowest BCUT2D eigenvalue weighted by Crippen LogP contribution is -2.53. The Bertz CT molecular complexity index is 2290. The number of rotatable bonds is 6. The summed E-state index contributed by atoms with van der Waals surface area (Å²) in [5, 5.41) is 9.04. The summed E-state index contributed by atoms with van der Waals surface area (Å²) in [6.45, 7) is 2.20. The molecule has 8 rings (SSSR count). The third-order valence-corrected chi connectivity index (χ3v) is 10.6. The van der Waals surface area contributed by atoms with Gasteiger partial charge in [0.1, 0.15) is 11.4 Å². The molecule has 0 aliphatic carbocycles. The summed E-state index contributed by atoms with van der Waals surface area (Å²) in [4.78, 5) is 46.8. The first-order valence-corrected chi connectivity index (χ1v) is 16.3. The van der Waals surface area contributed by atoms with E-state index >= 15 is 4.79 Å². The molecule has 0 N–H and O–H groups in total. The minimum atomic E-state index is -1.89. The smallest absolute Gasteiger partial charge is 0.297 e. The predicted molar refractivity (Wildman–Crippen MR) is 175 cm³/mol. The number of para-hydroxylation sites is 2. The first kappa shape index (κ1) is 28.4. The maximum absolute atomic E-state index is 15.1. The summed E-state index contributed by atoms with van der Waals surface area (Å²) < 4.78 is 20.9. The maximum Gasteiger partial charge on any atom is 0.297 e. The summed E-state index contributed by atoms with van der Waals surface area (Å²) >= 11 is 2.36. The summed E-state index contributed by atoms with van der Waals surface area (Å²) in [7, 11) is 0. The number of hydrogen-bond donors (Lipinski definition) is 0. The van der Waals surface area contributed by atoms with Gasteiger partial charge in [-0.15, -0.1) is 10.2 Å². The second-order valence-corrected chi connectivity index (χ2v) is 13.2. The minimum absolute atomic E-state index is 0.0447. The van der Waals surface area contributed by atoms with Crippen molar-refractivity contribution in [3.8, 4) is 0 Å². The van der Waals surface area contributed by atoms with Crippen molar-refractivity contribution < 1.29 is 18.4 Å². The highest BCUT2D eigenvalue weighted by Gasteiger charge is 2.66. The van der Waals surface area contributed by atoms with Crippen LogP contribution in [0.2, 0.25) is 0 Å². The Kier molecular flexibility index (Phi) is 6.62. The second-order valence-electron chi connectivity index (χ2n) is 11.0. The normalized spacial score (nSPS) is 16.9. The van der Waals surface area contributed by atoms with Gasteiger partial charge in [-0.25, -0.2) is 4.39 Å². The third kappa shape index (κ3) is 4.08. The molecule has 6 aromatic rings. The molecule has 226 valence electrons. The molecule has 4 heterocycles. The Hall–Kier alpha value is -5.13. The van der Waals surface area contributed by atoms with Gasteiger partial charge in [-0.2, -0.15) is 0 Å². The number of carbonyl (C=O) groups excluding carboxylic acids is 2. The molecular weight excluding hydrogens is 624 g/mol. The Morgan fingerprint density at radius 3 is 2.41 bits per heavy atom. The van der Waals surface area contributed by atoms with Gasteiger partial charge in [0.05, 0.1) is 23.2 Å². The largest absolute Gasteiger partial charge is 0.450 e. The van der Waals surface area contributed by atoms with Crippen LogP contribution in [-0.2, 0) is 22.6 Å². The van der Waals surface area contributed by atoms with E-state index in [1.807, 2.05) is 43.3 Å². The summed E-state index contributed by atoms with van der Waals surface area (Å²) in [5.74, 6) is -1.39. The lowest BCUT2D eigenvalue weighted by Gasteiger charge is -2.32. The summed E-state index contributed by atoms with van der Waals surface area (Å²) in [6, 6.07) is 28.1. The van der Waals surface area contributed by atoms with Crippen molar-refractivity contribution in [2.45, 2.75) is 29.1 Å². The molecule has 4 aromatic carbocycles. The molecule has 8 nitrogen and oxygen atoms in total. The van der Waals surface area contributed by atoms with Gasteiger partial charge in [0.2, 0.25) is 10.9 Å². The van der Waals surface area contributed by atoms with Gasteiger partial charge in [-0.3, -0.25) is 19.3 Å². The molecule has 0 saturated carbocycles. The number of carbonyl (C=O) groups is 2. The fourth-order valence-corrected chi connectivity index (χ4v) is 8.21. The fourth-order valence-electron chi connectivity index (χ4n) is 6.33. The van der Waals surface area contributed by atoms with Crippen molar-refractivity contribution >= 4 is 56.7 Å². The van der Waals surface area contributed by atoms with E-state index in [0.29, 0.717) is 21.2 Å². The molecule has 1 atom stereocenters. The van der Waals surface area contributed by atoms with E-state index < -0.39 is 22.8 Å². The van der Waals surface area contributed by atoms with Crippen molar-refractivity contribution in [3.05, 3.63) is 147 Å². The Balaban J connectivity index is 1.32. The zero-order valence-electron chi connectivity index (χ0n) is 24.3. The highest BCUT2D eigenvalue weighted by molar-refractivity contribution is 8.00. The molecule has 2 aliphatic rings. The highest BCUT2D eigenvalue weighted by atomic mass is 32.2.